The van der Waals surface area contributed by atoms with Crippen LogP contribution in [-0.2, 0) is 0 Å². The summed E-state index contributed by atoms with van der Waals surface area (Å²) >= 11 is 3.25. The van der Waals surface area contributed by atoms with Crippen LogP contribution in [0.5, 0.6) is 0 Å². The summed E-state index contributed by atoms with van der Waals surface area (Å²) < 4.78 is 36.3. The molecule has 0 unspecified atom stereocenters. The van der Waals surface area contributed by atoms with Gasteiger partial charge in [-0.25, -0.2) is 0 Å². The Balaban J connectivity index is 2.46. The summed E-state index contributed by atoms with van der Waals surface area (Å²) in [4.78, 5) is 11.7. The molecule has 0 aliphatic rings. The fourth-order valence-corrected chi connectivity index (χ4v) is 2.06. The number of carbonyl (C=O) groups is 1. The molecule has 0 saturated heterocycles. The Morgan fingerprint density at radius 1 is 1.39 bits per heavy atom. The number of hydrogen-bond acceptors (Lipinski definition) is 1. The minimum Gasteiger partial charge on any atom is -0.352 e. The quantitative estimate of drug-likeness (QED) is 0.838. The molecule has 0 aliphatic heterocycles. The number of nitrogens with one attached hydrogen (secondary N) is 1. The molecule has 1 rings (SSSR count). The Bertz CT molecular complexity index is 432. The molecular formula is C12H13BrF3NO. The van der Waals surface area contributed by atoms with Crippen molar-refractivity contribution < 1.29 is 18.0 Å². The largest absolute Gasteiger partial charge is 0.389 e. The van der Waals surface area contributed by atoms with Crippen molar-refractivity contribution in [3.8, 4) is 0 Å². The van der Waals surface area contributed by atoms with Crippen LogP contribution in [0.1, 0.15) is 28.8 Å². The molecule has 100 valence electrons. The fourth-order valence-electron chi connectivity index (χ4n) is 1.39. The van der Waals surface area contributed by atoms with E-state index in [0.29, 0.717) is 10.0 Å². The molecule has 6 heteroatoms. The molecule has 0 heterocycles. The van der Waals surface area contributed by atoms with Gasteiger partial charge in [0.2, 0.25) is 0 Å². The third-order valence-electron chi connectivity index (χ3n) is 2.29. The summed E-state index contributed by atoms with van der Waals surface area (Å²) in [5, 5.41) is 2.46. The summed E-state index contributed by atoms with van der Waals surface area (Å²) in [5.74, 6) is -0.371. The van der Waals surface area contributed by atoms with E-state index >= 15 is 0 Å². The highest BCUT2D eigenvalue weighted by molar-refractivity contribution is 9.10. The number of benzene rings is 1. The molecule has 0 bridgehead atoms. The summed E-state index contributed by atoms with van der Waals surface area (Å²) in [5.41, 5.74) is 1.42. The van der Waals surface area contributed by atoms with Crippen molar-refractivity contribution in [1.82, 2.24) is 5.32 Å². The Labute approximate surface area is 112 Å². The maximum atomic E-state index is 11.9. The SMILES string of the molecule is Cc1ccc(C(=O)NCCCC(F)(F)F)c(Br)c1. The van der Waals surface area contributed by atoms with Crippen molar-refractivity contribution in [3.63, 3.8) is 0 Å². The van der Waals surface area contributed by atoms with Gasteiger partial charge in [-0.2, -0.15) is 13.2 Å². The van der Waals surface area contributed by atoms with Gasteiger partial charge in [-0.15, -0.1) is 0 Å². The van der Waals surface area contributed by atoms with E-state index < -0.39 is 12.6 Å². The normalized spacial score (nSPS) is 11.4. The topological polar surface area (TPSA) is 29.1 Å². The van der Waals surface area contributed by atoms with E-state index in [1.54, 1.807) is 18.2 Å². The van der Waals surface area contributed by atoms with Crippen LogP contribution < -0.4 is 5.32 Å². The zero-order valence-corrected chi connectivity index (χ0v) is 11.4. The summed E-state index contributed by atoms with van der Waals surface area (Å²) in [6.45, 7) is 1.90. The number of halogens is 4. The van der Waals surface area contributed by atoms with Gasteiger partial charge in [-0.1, -0.05) is 6.07 Å². The molecule has 1 aromatic rings. The van der Waals surface area contributed by atoms with E-state index in [1.165, 1.54) is 0 Å². The maximum Gasteiger partial charge on any atom is 0.389 e. The van der Waals surface area contributed by atoms with Crippen LogP contribution in [-0.4, -0.2) is 18.6 Å². The molecule has 0 fully saturated rings. The summed E-state index contributed by atoms with van der Waals surface area (Å²) in [6, 6.07) is 5.19. The molecule has 0 aliphatic carbocycles. The first-order chi connectivity index (χ1) is 8.29. The predicted octanol–water partition coefficient (Wildman–Crippen LogP) is 3.83. The second-order valence-corrected chi connectivity index (χ2v) is 4.81. The molecule has 0 aromatic heterocycles. The first-order valence-electron chi connectivity index (χ1n) is 5.41. The monoisotopic (exact) mass is 323 g/mol. The van der Waals surface area contributed by atoms with E-state index in [9.17, 15) is 18.0 Å². The van der Waals surface area contributed by atoms with Crippen LogP contribution >= 0.6 is 15.9 Å². The maximum absolute atomic E-state index is 11.9. The Morgan fingerprint density at radius 3 is 2.61 bits per heavy atom. The van der Waals surface area contributed by atoms with Crippen LogP contribution in [0.3, 0.4) is 0 Å². The molecule has 0 atom stereocenters. The van der Waals surface area contributed by atoms with Crippen LogP contribution in [0.2, 0.25) is 0 Å². The lowest BCUT2D eigenvalue weighted by Crippen LogP contribution is -2.25. The van der Waals surface area contributed by atoms with Crippen LogP contribution in [0.15, 0.2) is 22.7 Å². The number of amides is 1. The van der Waals surface area contributed by atoms with Crippen LogP contribution in [0, 0.1) is 6.92 Å². The third-order valence-corrected chi connectivity index (χ3v) is 2.95. The Hall–Kier alpha value is -1.04. The van der Waals surface area contributed by atoms with E-state index in [2.05, 4.69) is 21.2 Å². The second-order valence-electron chi connectivity index (χ2n) is 3.96. The predicted molar refractivity (Wildman–Crippen MR) is 66.5 cm³/mol. The van der Waals surface area contributed by atoms with E-state index in [-0.39, 0.29) is 18.9 Å². The van der Waals surface area contributed by atoms with E-state index in [0.717, 1.165) is 5.56 Å². The number of rotatable bonds is 4. The van der Waals surface area contributed by atoms with Crippen molar-refractivity contribution in [3.05, 3.63) is 33.8 Å². The van der Waals surface area contributed by atoms with Gasteiger partial charge in [0.05, 0.1) is 5.56 Å². The minimum atomic E-state index is -4.17. The first kappa shape index (κ1) is 15.0. The lowest BCUT2D eigenvalue weighted by Gasteiger charge is -2.09. The average molecular weight is 324 g/mol. The lowest BCUT2D eigenvalue weighted by molar-refractivity contribution is -0.135. The van der Waals surface area contributed by atoms with Gasteiger partial charge in [0.25, 0.3) is 5.91 Å². The van der Waals surface area contributed by atoms with Gasteiger partial charge in [0.15, 0.2) is 0 Å². The zero-order valence-electron chi connectivity index (χ0n) is 9.77. The van der Waals surface area contributed by atoms with Gasteiger partial charge in [-0.3, -0.25) is 4.79 Å². The van der Waals surface area contributed by atoms with Gasteiger partial charge >= 0.3 is 6.18 Å². The first-order valence-corrected chi connectivity index (χ1v) is 6.20. The highest BCUT2D eigenvalue weighted by Gasteiger charge is 2.26. The van der Waals surface area contributed by atoms with Crippen molar-refractivity contribution in [2.75, 3.05) is 6.54 Å². The molecular weight excluding hydrogens is 311 g/mol. The lowest BCUT2D eigenvalue weighted by atomic mass is 10.1. The van der Waals surface area contributed by atoms with Gasteiger partial charge < -0.3 is 5.32 Å². The molecule has 2 nitrogen and oxygen atoms in total. The second kappa shape index (κ2) is 6.22. The van der Waals surface area contributed by atoms with Crippen molar-refractivity contribution in [1.29, 1.82) is 0 Å². The fraction of sp³-hybridized carbons (Fsp3) is 0.417. The molecule has 1 N–H and O–H groups in total. The number of aryl methyl sites for hydroxylation is 1. The summed E-state index contributed by atoms with van der Waals surface area (Å²) in [7, 11) is 0. The van der Waals surface area contributed by atoms with Crippen LogP contribution in [0.4, 0.5) is 13.2 Å². The summed E-state index contributed by atoms with van der Waals surface area (Å²) in [6.07, 6.45) is -5.17. The molecule has 0 radical (unpaired) electrons. The Kier molecular flexibility index (Phi) is 5.19. The smallest absolute Gasteiger partial charge is 0.352 e. The highest BCUT2D eigenvalue weighted by atomic mass is 79.9. The van der Waals surface area contributed by atoms with E-state index in [1.807, 2.05) is 6.92 Å². The van der Waals surface area contributed by atoms with Gasteiger partial charge in [-0.05, 0) is 47.0 Å². The third kappa shape index (κ3) is 5.08. The zero-order chi connectivity index (χ0) is 13.8. The molecule has 18 heavy (non-hydrogen) atoms. The minimum absolute atomic E-state index is 0.0126. The van der Waals surface area contributed by atoms with Gasteiger partial charge in [0.1, 0.15) is 0 Å². The Morgan fingerprint density at radius 2 is 2.06 bits per heavy atom. The number of alkyl halides is 3. The molecule has 0 spiro atoms. The molecule has 1 amide bonds. The highest BCUT2D eigenvalue weighted by Crippen LogP contribution is 2.21. The van der Waals surface area contributed by atoms with E-state index in [4.69, 9.17) is 0 Å². The van der Waals surface area contributed by atoms with Crippen LogP contribution in [0.25, 0.3) is 0 Å². The van der Waals surface area contributed by atoms with Crippen molar-refractivity contribution >= 4 is 21.8 Å². The number of hydrogen-bond donors (Lipinski definition) is 1. The van der Waals surface area contributed by atoms with Crippen molar-refractivity contribution in [2.24, 2.45) is 0 Å². The molecule has 0 saturated carbocycles. The number of carbonyl (C=O) groups excluding carboxylic acids is 1. The van der Waals surface area contributed by atoms with Gasteiger partial charge in [0, 0.05) is 17.4 Å². The standard InChI is InChI=1S/C12H13BrF3NO/c1-8-3-4-9(10(13)7-8)11(18)17-6-2-5-12(14,15)16/h3-4,7H,2,5-6H2,1H3,(H,17,18). The molecule has 1 aromatic carbocycles. The van der Waals surface area contributed by atoms with Crippen molar-refractivity contribution in [2.45, 2.75) is 25.9 Å². The average Bonchev–Trinajstić information content (AvgIpc) is 2.22.